The minimum absolute atomic E-state index is 0.146. The third kappa shape index (κ3) is 4.30. The van der Waals surface area contributed by atoms with Gasteiger partial charge >= 0.3 is 0 Å². The zero-order chi connectivity index (χ0) is 20.3. The highest BCUT2D eigenvalue weighted by atomic mass is 32.2. The Morgan fingerprint density at radius 3 is 1.97 bits per heavy atom. The molecule has 4 rings (SSSR count). The van der Waals surface area contributed by atoms with Crippen LogP contribution in [-0.2, 0) is 10.0 Å². The molecule has 6 nitrogen and oxygen atoms in total. The second-order valence-corrected chi connectivity index (χ2v) is 8.18. The van der Waals surface area contributed by atoms with Gasteiger partial charge in [-0.1, -0.05) is 36.4 Å². The van der Waals surface area contributed by atoms with Crippen molar-refractivity contribution in [3.8, 4) is 5.69 Å². The van der Waals surface area contributed by atoms with E-state index < -0.39 is 10.0 Å². The molecular formula is C22H20N4O2S. The van der Waals surface area contributed by atoms with Crippen molar-refractivity contribution in [1.82, 2.24) is 9.78 Å². The van der Waals surface area contributed by atoms with E-state index in [9.17, 15) is 8.42 Å². The van der Waals surface area contributed by atoms with Gasteiger partial charge in [-0.3, -0.25) is 4.72 Å². The number of sulfonamides is 1. The smallest absolute Gasteiger partial charge is 0.265 e. The average molecular weight is 404 g/mol. The van der Waals surface area contributed by atoms with Crippen LogP contribution >= 0.6 is 0 Å². The van der Waals surface area contributed by atoms with Gasteiger partial charge in [-0.05, 0) is 55.5 Å². The van der Waals surface area contributed by atoms with E-state index in [1.165, 1.54) is 6.20 Å². The molecule has 0 aliphatic carbocycles. The molecule has 0 radical (unpaired) electrons. The summed E-state index contributed by atoms with van der Waals surface area (Å²) >= 11 is 0. The average Bonchev–Trinajstić information content (AvgIpc) is 3.14. The number of benzene rings is 3. The summed E-state index contributed by atoms with van der Waals surface area (Å²) in [7, 11) is -3.76. The molecule has 2 N–H and O–H groups in total. The monoisotopic (exact) mass is 404 g/mol. The lowest BCUT2D eigenvalue weighted by atomic mass is 10.2. The van der Waals surface area contributed by atoms with Gasteiger partial charge in [0.25, 0.3) is 10.0 Å². The molecule has 146 valence electrons. The molecule has 0 saturated heterocycles. The quantitative estimate of drug-likeness (QED) is 0.487. The van der Waals surface area contributed by atoms with Gasteiger partial charge in [-0.25, -0.2) is 13.1 Å². The predicted octanol–water partition coefficient (Wildman–Crippen LogP) is 4.73. The van der Waals surface area contributed by atoms with Crippen molar-refractivity contribution in [1.29, 1.82) is 0 Å². The van der Waals surface area contributed by atoms with E-state index in [2.05, 4.69) is 15.1 Å². The van der Waals surface area contributed by atoms with Crippen molar-refractivity contribution in [2.45, 2.75) is 11.8 Å². The van der Waals surface area contributed by atoms with Crippen molar-refractivity contribution in [3.63, 3.8) is 0 Å². The van der Waals surface area contributed by atoms with E-state index in [0.717, 1.165) is 17.1 Å². The van der Waals surface area contributed by atoms with E-state index in [1.54, 1.807) is 23.7 Å². The molecule has 0 saturated carbocycles. The highest BCUT2D eigenvalue weighted by Gasteiger charge is 2.21. The van der Waals surface area contributed by atoms with Gasteiger partial charge in [-0.15, -0.1) is 0 Å². The molecule has 0 unspecified atom stereocenters. The molecule has 0 atom stereocenters. The number of hydrogen-bond acceptors (Lipinski definition) is 4. The Balaban J connectivity index is 1.52. The number of para-hydroxylation sites is 2. The van der Waals surface area contributed by atoms with Crippen LogP contribution < -0.4 is 10.0 Å². The van der Waals surface area contributed by atoms with Crippen LogP contribution in [0.3, 0.4) is 0 Å². The Bertz CT molecular complexity index is 1200. The standard InChI is InChI=1S/C22H20N4O2S/c1-17-22(16-26(24-17)21-10-6-3-7-11-21)29(27,28)25-20-14-12-19(13-15-20)23-18-8-4-2-5-9-18/h2-16,23,25H,1H3. The fourth-order valence-corrected chi connectivity index (χ4v) is 4.17. The maximum absolute atomic E-state index is 12.9. The SMILES string of the molecule is Cc1nn(-c2ccccc2)cc1S(=O)(=O)Nc1ccc(Nc2ccccc2)cc1. The van der Waals surface area contributed by atoms with Crippen LogP contribution in [0.5, 0.6) is 0 Å². The first kappa shape index (κ1) is 18.8. The summed E-state index contributed by atoms with van der Waals surface area (Å²) in [5, 5.41) is 7.60. The Morgan fingerprint density at radius 2 is 1.31 bits per heavy atom. The number of nitrogens with zero attached hydrogens (tertiary/aromatic N) is 2. The van der Waals surface area contributed by atoms with Crippen LogP contribution in [0.25, 0.3) is 5.69 Å². The number of aromatic nitrogens is 2. The van der Waals surface area contributed by atoms with Gasteiger partial charge in [0.05, 0.1) is 17.6 Å². The fraction of sp³-hybridized carbons (Fsp3) is 0.0455. The first-order valence-corrected chi connectivity index (χ1v) is 10.6. The highest BCUT2D eigenvalue weighted by Crippen LogP contribution is 2.23. The Hall–Kier alpha value is -3.58. The second-order valence-electron chi connectivity index (χ2n) is 6.53. The molecule has 4 aromatic rings. The summed E-state index contributed by atoms with van der Waals surface area (Å²) in [4.78, 5) is 0.146. The molecule has 0 aliphatic heterocycles. The predicted molar refractivity (Wildman–Crippen MR) is 115 cm³/mol. The zero-order valence-electron chi connectivity index (χ0n) is 15.8. The Labute approximate surface area is 169 Å². The lowest BCUT2D eigenvalue weighted by Crippen LogP contribution is -2.13. The molecule has 0 amide bonds. The number of nitrogens with one attached hydrogen (secondary N) is 2. The summed E-state index contributed by atoms with van der Waals surface area (Å²) in [6.07, 6.45) is 1.53. The summed E-state index contributed by atoms with van der Waals surface area (Å²) in [5.41, 5.74) is 3.55. The number of hydrogen-bond donors (Lipinski definition) is 2. The molecule has 29 heavy (non-hydrogen) atoms. The first-order chi connectivity index (χ1) is 14.0. The third-order valence-electron chi connectivity index (χ3n) is 4.36. The molecule has 7 heteroatoms. The van der Waals surface area contributed by atoms with Crippen molar-refractivity contribution in [2.75, 3.05) is 10.0 Å². The number of rotatable bonds is 6. The lowest BCUT2D eigenvalue weighted by Gasteiger charge is -2.09. The van der Waals surface area contributed by atoms with E-state index in [0.29, 0.717) is 11.4 Å². The van der Waals surface area contributed by atoms with Crippen molar-refractivity contribution in [2.24, 2.45) is 0 Å². The van der Waals surface area contributed by atoms with Crippen LogP contribution in [0, 0.1) is 6.92 Å². The van der Waals surface area contributed by atoms with Crippen molar-refractivity contribution >= 4 is 27.1 Å². The normalized spacial score (nSPS) is 11.2. The largest absolute Gasteiger partial charge is 0.356 e. The first-order valence-electron chi connectivity index (χ1n) is 9.08. The van der Waals surface area contributed by atoms with Gasteiger partial charge in [0.2, 0.25) is 0 Å². The second kappa shape index (κ2) is 7.81. The molecule has 1 heterocycles. The Morgan fingerprint density at radius 1 is 0.759 bits per heavy atom. The minimum atomic E-state index is -3.76. The number of aryl methyl sites for hydroxylation is 1. The fourth-order valence-electron chi connectivity index (χ4n) is 2.94. The topological polar surface area (TPSA) is 76.0 Å². The minimum Gasteiger partial charge on any atom is -0.356 e. The molecule has 0 aliphatic rings. The number of anilines is 3. The van der Waals surface area contributed by atoms with Crippen LogP contribution in [0.1, 0.15) is 5.69 Å². The molecular weight excluding hydrogens is 384 g/mol. The molecule has 0 spiro atoms. The van der Waals surface area contributed by atoms with Crippen molar-refractivity contribution < 1.29 is 8.42 Å². The van der Waals surface area contributed by atoms with Gasteiger partial charge in [0, 0.05) is 17.1 Å². The van der Waals surface area contributed by atoms with Gasteiger partial charge in [0.15, 0.2) is 0 Å². The summed E-state index contributed by atoms with van der Waals surface area (Å²) in [6.45, 7) is 1.68. The van der Waals surface area contributed by atoms with Gasteiger partial charge in [-0.2, -0.15) is 5.10 Å². The zero-order valence-corrected chi connectivity index (χ0v) is 16.6. The maximum atomic E-state index is 12.9. The lowest BCUT2D eigenvalue weighted by molar-refractivity contribution is 0.600. The van der Waals surface area contributed by atoms with E-state index in [-0.39, 0.29) is 4.90 Å². The molecule has 0 fully saturated rings. The van der Waals surface area contributed by atoms with Crippen LogP contribution in [-0.4, -0.2) is 18.2 Å². The molecule has 3 aromatic carbocycles. The molecule has 0 bridgehead atoms. The van der Waals surface area contributed by atoms with E-state index in [1.807, 2.05) is 72.8 Å². The van der Waals surface area contributed by atoms with Gasteiger partial charge in [0.1, 0.15) is 4.90 Å². The third-order valence-corrected chi connectivity index (χ3v) is 5.85. The van der Waals surface area contributed by atoms with Crippen LogP contribution in [0.2, 0.25) is 0 Å². The Kier molecular flexibility index (Phi) is 5.05. The summed E-state index contributed by atoms with van der Waals surface area (Å²) in [6, 6.07) is 26.3. The van der Waals surface area contributed by atoms with Gasteiger partial charge < -0.3 is 5.32 Å². The maximum Gasteiger partial charge on any atom is 0.265 e. The van der Waals surface area contributed by atoms with E-state index in [4.69, 9.17) is 0 Å². The molecule has 1 aromatic heterocycles. The van der Waals surface area contributed by atoms with E-state index >= 15 is 0 Å². The van der Waals surface area contributed by atoms with Crippen LogP contribution in [0.15, 0.2) is 96.0 Å². The summed E-state index contributed by atoms with van der Waals surface area (Å²) in [5.74, 6) is 0. The van der Waals surface area contributed by atoms with Crippen molar-refractivity contribution in [3.05, 3.63) is 96.8 Å². The highest BCUT2D eigenvalue weighted by molar-refractivity contribution is 7.92. The summed E-state index contributed by atoms with van der Waals surface area (Å²) < 4.78 is 29.9. The van der Waals surface area contributed by atoms with Crippen LogP contribution in [0.4, 0.5) is 17.1 Å².